The maximum atomic E-state index is 13.1. The van der Waals surface area contributed by atoms with E-state index in [0.29, 0.717) is 28.5 Å². The molecule has 0 bridgehead atoms. The second-order valence-electron chi connectivity index (χ2n) is 6.83. The lowest BCUT2D eigenvalue weighted by molar-refractivity contribution is 0.217. The Hall–Kier alpha value is -3.16. The lowest BCUT2D eigenvalue weighted by atomic mass is 10.2. The molecule has 0 amide bonds. The Morgan fingerprint density at radius 2 is 1.74 bits per heavy atom. The molecule has 0 aliphatic carbocycles. The molecular formula is C24H17BrN2O3S. The van der Waals surface area contributed by atoms with Crippen LogP contribution in [0.1, 0.15) is 5.56 Å². The van der Waals surface area contributed by atoms with Crippen molar-refractivity contribution in [3.05, 3.63) is 97.7 Å². The number of ether oxygens (including phenoxy) is 2. The van der Waals surface area contributed by atoms with Gasteiger partial charge in [-0.05, 0) is 48.5 Å². The maximum absolute atomic E-state index is 13.1. The number of imidazole rings is 1. The summed E-state index contributed by atoms with van der Waals surface area (Å²) in [6, 6.07) is 23.0. The maximum Gasteiger partial charge on any atom is 0.274 e. The number of aromatic nitrogens is 2. The van der Waals surface area contributed by atoms with Gasteiger partial charge in [0.15, 0.2) is 4.96 Å². The molecule has 0 saturated heterocycles. The van der Waals surface area contributed by atoms with Gasteiger partial charge in [-0.15, -0.1) is 0 Å². The van der Waals surface area contributed by atoms with E-state index in [9.17, 15) is 4.79 Å². The molecule has 0 atom stereocenters. The third-order valence-electron chi connectivity index (χ3n) is 4.76. The highest BCUT2D eigenvalue weighted by Crippen LogP contribution is 2.24. The van der Waals surface area contributed by atoms with E-state index in [1.54, 1.807) is 4.40 Å². The predicted octanol–water partition coefficient (Wildman–Crippen LogP) is 4.68. The molecule has 0 saturated carbocycles. The zero-order valence-electron chi connectivity index (χ0n) is 16.3. The highest BCUT2D eigenvalue weighted by Gasteiger charge is 2.11. The zero-order valence-corrected chi connectivity index (χ0v) is 18.7. The second kappa shape index (κ2) is 8.53. The molecule has 5 rings (SSSR count). The van der Waals surface area contributed by atoms with Crippen molar-refractivity contribution in [2.75, 3.05) is 13.2 Å². The first kappa shape index (κ1) is 19.8. The number of halogens is 1. The molecule has 0 radical (unpaired) electrons. The topological polar surface area (TPSA) is 52.8 Å². The van der Waals surface area contributed by atoms with Crippen molar-refractivity contribution < 1.29 is 9.47 Å². The van der Waals surface area contributed by atoms with Crippen LogP contribution in [0, 0.1) is 0 Å². The van der Waals surface area contributed by atoms with Crippen LogP contribution in [0.2, 0.25) is 0 Å². The second-order valence-corrected chi connectivity index (χ2v) is 8.75. The molecule has 154 valence electrons. The minimum atomic E-state index is -0.0768. The van der Waals surface area contributed by atoms with E-state index in [0.717, 1.165) is 26.8 Å². The number of para-hydroxylation sites is 3. The van der Waals surface area contributed by atoms with Crippen LogP contribution in [0.3, 0.4) is 0 Å². The third kappa shape index (κ3) is 4.06. The van der Waals surface area contributed by atoms with Gasteiger partial charge in [0.05, 0.1) is 15.6 Å². The SMILES string of the molecule is O=c1/c(=C/c2cc(Br)ccc2OCCOc2ccccc2)sc2nc3ccccc3n12. The van der Waals surface area contributed by atoms with Crippen LogP contribution in [-0.4, -0.2) is 22.6 Å². The van der Waals surface area contributed by atoms with Crippen molar-refractivity contribution in [2.45, 2.75) is 0 Å². The van der Waals surface area contributed by atoms with Crippen molar-refractivity contribution in [2.24, 2.45) is 0 Å². The molecule has 0 aliphatic heterocycles. The summed E-state index contributed by atoms with van der Waals surface area (Å²) >= 11 is 4.88. The Labute approximate surface area is 190 Å². The fraction of sp³-hybridized carbons (Fsp3) is 0.0833. The summed E-state index contributed by atoms with van der Waals surface area (Å²) in [4.78, 5) is 18.3. The largest absolute Gasteiger partial charge is 0.490 e. The van der Waals surface area contributed by atoms with Gasteiger partial charge in [-0.1, -0.05) is 57.6 Å². The number of rotatable bonds is 6. The molecule has 2 aromatic heterocycles. The molecule has 5 nitrogen and oxygen atoms in total. The Kier molecular flexibility index (Phi) is 5.44. The van der Waals surface area contributed by atoms with Gasteiger partial charge < -0.3 is 9.47 Å². The number of hydrogen-bond donors (Lipinski definition) is 0. The van der Waals surface area contributed by atoms with Gasteiger partial charge in [-0.3, -0.25) is 4.79 Å². The molecule has 2 heterocycles. The smallest absolute Gasteiger partial charge is 0.274 e. The summed E-state index contributed by atoms with van der Waals surface area (Å²) in [5.74, 6) is 1.49. The zero-order chi connectivity index (χ0) is 21.2. The number of hydrogen-bond acceptors (Lipinski definition) is 5. The summed E-state index contributed by atoms with van der Waals surface area (Å²) in [6.07, 6.45) is 1.86. The molecular weight excluding hydrogens is 476 g/mol. The van der Waals surface area contributed by atoms with Gasteiger partial charge in [0, 0.05) is 10.0 Å². The van der Waals surface area contributed by atoms with Crippen LogP contribution >= 0.6 is 27.3 Å². The number of thiazole rings is 1. The number of fused-ring (bicyclic) bond motifs is 3. The minimum Gasteiger partial charge on any atom is -0.490 e. The summed E-state index contributed by atoms with van der Waals surface area (Å²) < 4.78 is 14.8. The van der Waals surface area contributed by atoms with Crippen molar-refractivity contribution in [3.63, 3.8) is 0 Å². The van der Waals surface area contributed by atoms with Gasteiger partial charge in [-0.2, -0.15) is 0 Å². The highest BCUT2D eigenvalue weighted by molar-refractivity contribution is 9.10. The quantitative estimate of drug-likeness (QED) is 0.323. The van der Waals surface area contributed by atoms with E-state index in [2.05, 4.69) is 20.9 Å². The molecule has 5 aromatic rings. The standard InChI is InChI=1S/C24H17BrN2O3S/c25-17-10-11-21(30-13-12-29-18-6-2-1-3-7-18)16(14-17)15-22-23(28)27-20-9-5-4-8-19(20)26-24(27)31-22/h1-11,14-15H,12-13H2/b22-15-. The lowest BCUT2D eigenvalue weighted by Gasteiger charge is -2.10. The van der Waals surface area contributed by atoms with Crippen molar-refractivity contribution in [1.82, 2.24) is 9.38 Å². The summed E-state index contributed by atoms with van der Waals surface area (Å²) in [7, 11) is 0. The normalized spacial score (nSPS) is 12.0. The van der Waals surface area contributed by atoms with Crippen LogP contribution in [0.5, 0.6) is 11.5 Å². The predicted molar refractivity (Wildman–Crippen MR) is 127 cm³/mol. The van der Waals surface area contributed by atoms with Gasteiger partial charge in [-0.25, -0.2) is 9.38 Å². The van der Waals surface area contributed by atoms with E-state index in [1.807, 2.05) is 78.9 Å². The van der Waals surface area contributed by atoms with Crippen LogP contribution < -0.4 is 19.6 Å². The summed E-state index contributed by atoms with van der Waals surface area (Å²) in [5.41, 5.74) is 2.39. The molecule has 0 N–H and O–H groups in total. The van der Waals surface area contributed by atoms with Crippen molar-refractivity contribution >= 4 is 49.3 Å². The highest BCUT2D eigenvalue weighted by atomic mass is 79.9. The Morgan fingerprint density at radius 3 is 2.61 bits per heavy atom. The van der Waals surface area contributed by atoms with Crippen LogP contribution in [-0.2, 0) is 0 Å². The molecule has 3 aromatic carbocycles. The molecule has 0 fully saturated rings. The Bertz CT molecular complexity index is 1480. The first-order valence-electron chi connectivity index (χ1n) is 9.71. The molecule has 7 heteroatoms. The average Bonchev–Trinajstić information content (AvgIpc) is 3.29. The molecule has 0 spiro atoms. The molecule has 0 aliphatic rings. The average molecular weight is 493 g/mol. The fourth-order valence-electron chi connectivity index (χ4n) is 3.34. The fourth-order valence-corrected chi connectivity index (χ4v) is 4.70. The van der Waals surface area contributed by atoms with E-state index in [-0.39, 0.29) is 5.56 Å². The minimum absolute atomic E-state index is 0.0768. The van der Waals surface area contributed by atoms with E-state index in [1.165, 1.54) is 11.3 Å². The van der Waals surface area contributed by atoms with Gasteiger partial charge in [0.2, 0.25) is 0 Å². The Morgan fingerprint density at radius 1 is 0.968 bits per heavy atom. The Balaban J connectivity index is 1.43. The van der Waals surface area contributed by atoms with Crippen molar-refractivity contribution in [3.8, 4) is 11.5 Å². The van der Waals surface area contributed by atoms with Crippen LogP contribution in [0.4, 0.5) is 0 Å². The molecule has 0 unspecified atom stereocenters. The van der Waals surface area contributed by atoms with E-state index < -0.39 is 0 Å². The summed E-state index contributed by atoms with van der Waals surface area (Å²) in [6.45, 7) is 0.811. The third-order valence-corrected chi connectivity index (χ3v) is 6.22. The van der Waals surface area contributed by atoms with Gasteiger partial charge in [0.1, 0.15) is 24.7 Å². The summed E-state index contributed by atoms with van der Waals surface area (Å²) in [5, 5.41) is 0. The molecule has 31 heavy (non-hydrogen) atoms. The van der Waals surface area contributed by atoms with Crippen LogP contribution in [0.15, 0.2) is 82.1 Å². The first-order chi connectivity index (χ1) is 15.2. The first-order valence-corrected chi connectivity index (χ1v) is 11.3. The van der Waals surface area contributed by atoms with Crippen LogP contribution in [0.25, 0.3) is 22.1 Å². The van der Waals surface area contributed by atoms with Gasteiger partial charge >= 0.3 is 0 Å². The number of benzene rings is 3. The lowest BCUT2D eigenvalue weighted by Crippen LogP contribution is -2.22. The van der Waals surface area contributed by atoms with E-state index in [4.69, 9.17) is 9.47 Å². The van der Waals surface area contributed by atoms with Crippen molar-refractivity contribution in [1.29, 1.82) is 0 Å². The van der Waals surface area contributed by atoms with E-state index >= 15 is 0 Å². The van der Waals surface area contributed by atoms with Gasteiger partial charge in [0.25, 0.3) is 5.56 Å². The monoisotopic (exact) mass is 492 g/mol. The number of nitrogens with zero attached hydrogens (tertiary/aromatic N) is 2.